The first-order valence-electron chi connectivity index (χ1n) is 8.30. The summed E-state index contributed by atoms with van der Waals surface area (Å²) in [6.07, 6.45) is 1.03. The molecule has 0 fully saturated rings. The molecular formula is C18H22N2O3S2. The van der Waals surface area contributed by atoms with Crippen LogP contribution in [0.4, 0.5) is 0 Å². The fourth-order valence-electron chi connectivity index (χ4n) is 3.09. The summed E-state index contributed by atoms with van der Waals surface area (Å²) in [6, 6.07) is 8.79. The molecule has 0 aliphatic carbocycles. The number of hydrogen-bond acceptors (Lipinski definition) is 4. The van der Waals surface area contributed by atoms with E-state index in [1.807, 2.05) is 18.7 Å². The van der Waals surface area contributed by atoms with Gasteiger partial charge in [0.25, 0.3) is 0 Å². The zero-order valence-corrected chi connectivity index (χ0v) is 16.0. The number of sulfonamides is 1. The first-order valence-corrected chi connectivity index (χ1v) is 10.7. The van der Waals surface area contributed by atoms with Crippen molar-refractivity contribution in [2.45, 2.75) is 37.6 Å². The third-order valence-electron chi connectivity index (χ3n) is 4.56. The van der Waals surface area contributed by atoms with Crippen molar-refractivity contribution >= 4 is 27.3 Å². The van der Waals surface area contributed by atoms with E-state index in [2.05, 4.69) is 16.2 Å². The molecule has 0 saturated carbocycles. The maximum atomic E-state index is 12.5. The summed E-state index contributed by atoms with van der Waals surface area (Å²) in [5, 5.41) is 2.06. The van der Waals surface area contributed by atoms with E-state index < -0.39 is 10.0 Å². The number of amides is 1. The lowest BCUT2D eigenvalue weighted by atomic mass is 10.0. The van der Waals surface area contributed by atoms with E-state index in [4.69, 9.17) is 0 Å². The van der Waals surface area contributed by atoms with Crippen molar-refractivity contribution in [2.75, 3.05) is 13.1 Å². The van der Waals surface area contributed by atoms with Crippen molar-refractivity contribution in [3.8, 4) is 0 Å². The SMILES string of the molecule is Cc1ccc(S(=O)(=O)NCCC(=O)N2CCc3sccc3[C@H]2C)cc1. The van der Waals surface area contributed by atoms with Gasteiger partial charge in [-0.1, -0.05) is 17.7 Å². The minimum atomic E-state index is -3.58. The Balaban J connectivity index is 1.57. The summed E-state index contributed by atoms with van der Waals surface area (Å²) in [5.41, 5.74) is 2.21. The normalized spacial score (nSPS) is 17.4. The fraction of sp³-hybridized carbons (Fsp3) is 0.389. The van der Waals surface area contributed by atoms with E-state index in [9.17, 15) is 13.2 Å². The molecule has 1 N–H and O–H groups in total. The van der Waals surface area contributed by atoms with Gasteiger partial charge in [0.15, 0.2) is 0 Å². The monoisotopic (exact) mass is 378 g/mol. The molecule has 1 atom stereocenters. The lowest BCUT2D eigenvalue weighted by Crippen LogP contribution is -2.39. The van der Waals surface area contributed by atoms with Gasteiger partial charge in [-0.3, -0.25) is 4.79 Å². The highest BCUT2D eigenvalue weighted by atomic mass is 32.2. The van der Waals surface area contributed by atoms with Crippen LogP contribution >= 0.6 is 11.3 Å². The molecule has 2 heterocycles. The van der Waals surface area contributed by atoms with Gasteiger partial charge in [0.05, 0.1) is 10.9 Å². The smallest absolute Gasteiger partial charge is 0.240 e. The average Bonchev–Trinajstić information content (AvgIpc) is 3.05. The molecule has 1 aliphatic rings. The summed E-state index contributed by atoms with van der Waals surface area (Å²) >= 11 is 1.73. The van der Waals surface area contributed by atoms with Crippen LogP contribution in [-0.4, -0.2) is 32.3 Å². The number of nitrogens with one attached hydrogen (secondary N) is 1. The van der Waals surface area contributed by atoms with Crippen LogP contribution in [-0.2, 0) is 21.2 Å². The molecule has 3 rings (SSSR count). The van der Waals surface area contributed by atoms with E-state index in [1.54, 1.807) is 35.6 Å². The molecule has 1 aromatic carbocycles. The summed E-state index contributed by atoms with van der Waals surface area (Å²) in [4.78, 5) is 15.9. The molecule has 134 valence electrons. The zero-order valence-electron chi connectivity index (χ0n) is 14.4. The van der Waals surface area contributed by atoms with Crippen LogP contribution in [0.15, 0.2) is 40.6 Å². The van der Waals surface area contributed by atoms with E-state index >= 15 is 0 Å². The lowest BCUT2D eigenvalue weighted by Gasteiger charge is -2.33. The Morgan fingerprint density at radius 2 is 2.00 bits per heavy atom. The van der Waals surface area contributed by atoms with Crippen LogP contribution in [0.25, 0.3) is 0 Å². The van der Waals surface area contributed by atoms with Crippen LogP contribution in [0.2, 0.25) is 0 Å². The summed E-state index contributed by atoms with van der Waals surface area (Å²) in [7, 11) is -3.58. The Hall–Kier alpha value is -1.70. The average molecular weight is 379 g/mol. The molecule has 5 nitrogen and oxygen atoms in total. The number of benzene rings is 1. The number of fused-ring (bicyclic) bond motifs is 1. The Labute approximate surface area is 152 Å². The molecule has 7 heteroatoms. The van der Waals surface area contributed by atoms with Gasteiger partial charge in [0.2, 0.25) is 15.9 Å². The zero-order chi connectivity index (χ0) is 18.0. The number of hydrogen-bond donors (Lipinski definition) is 1. The highest BCUT2D eigenvalue weighted by Crippen LogP contribution is 2.32. The Bertz CT molecular complexity index is 857. The number of nitrogens with zero attached hydrogens (tertiary/aromatic N) is 1. The van der Waals surface area contributed by atoms with E-state index in [1.165, 1.54) is 10.4 Å². The number of carbonyl (C=O) groups is 1. The third kappa shape index (κ3) is 3.94. The summed E-state index contributed by atoms with van der Waals surface area (Å²) < 4.78 is 27.0. The first kappa shape index (κ1) is 18.1. The van der Waals surface area contributed by atoms with E-state index in [0.29, 0.717) is 6.54 Å². The van der Waals surface area contributed by atoms with Crippen LogP contribution in [0.1, 0.15) is 35.4 Å². The van der Waals surface area contributed by atoms with Gasteiger partial charge in [0.1, 0.15) is 0 Å². The lowest BCUT2D eigenvalue weighted by molar-refractivity contribution is -0.133. The molecule has 2 aromatic rings. The molecule has 0 unspecified atom stereocenters. The molecular weight excluding hydrogens is 356 g/mol. The van der Waals surface area contributed by atoms with E-state index in [0.717, 1.165) is 12.0 Å². The van der Waals surface area contributed by atoms with Crippen LogP contribution in [0.5, 0.6) is 0 Å². The predicted octanol–water partition coefficient (Wildman–Crippen LogP) is 2.87. The largest absolute Gasteiger partial charge is 0.335 e. The Kier molecular flexibility index (Phi) is 5.27. The van der Waals surface area contributed by atoms with E-state index in [-0.39, 0.29) is 29.8 Å². The van der Waals surface area contributed by atoms with Crippen molar-refractivity contribution in [3.63, 3.8) is 0 Å². The van der Waals surface area contributed by atoms with Crippen molar-refractivity contribution in [1.82, 2.24) is 9.62 Å². The van der Waals surface area contributed by atoms with Crippen molar-refractivity contribution < 1.29 is 13.2 Å². The second-order valence-corrected chi connectivity index (χ2v) is 9.04. The highest BCUT2D eigenvalue weighted by Gasteiger charge is 2.28. The quantitative estimate of drug-likeness (QED) is 0.870. The van der Waals surface area contributed by atoms with Gasteiger partial charge in [-0.25, -0.2) is 13.1 Å². The standard InChI is InChI=1S/C18H22N2O3S2/c1-13-3-5-15(6-4-13)25(22,23)19-10-7-18(21)20-11-8-17-16(14(20)2)9-12-24-17/h3-6,9,12,14,19H,7-8,10-11H2,1-2H3/t14-/m1/s1. The summed E-state index contributed by atoms with van der Waals surface area (Å²) in [5.74, 6) is -0.0176. The van der Waals surface area contributed by atoms with Gasteiger partial charge < -0.3 is 4.90 Å². The number of thiophene rings is 1. The van der Waals surface area contributed by atoms with Crippen LogP contribution in [0, 0.1) is 6.92 Å². The molecule has 0 spiro atoms. The van der Waals surface area contributed by atoms with Crippen LogP contribution < -0.4 is 4.72 Å². The van der Waals surface area contributed by atoms with Crippen LogP contribution in [0.3, 0.4) is 0 Å². The van der Waals surface area contributed by atoms with Crippen molar-refractivity contribution in [3.05, 3.63) is 51.7 Å². The second kappa shape index (κ2) is 7.27. The van der Waals surface area contributed by atoms with Gasteiger partial charge in [0, 0.05) is 24.4 Å². The molecule has 0 radical (unpaired) electrons. The van der Waals surface area contributed by atoms with Crippen molar-refractivity contribution in [2.24, 2.45) is 0 Å². The molecule has 1 aliphatic heterocycles. The molecule has 1 amide bonds. The topological polar surface area (TPSA) is 66.5 Å². The Morgan fingerprint density at radius 3 is 2.72 bits per heavy atom. The second-order valence-electron chi connectivity index (χ2n) is 6.27. The first-order chi connectivity index (χ1) is 11.9. The predicted molar refractivity (Wildman–Crippen MR) is 99.1 cm³/mol. The molecule has 1 aromatic heterocycles. The van der Waals surface area contributed by atoms with Gasteiger partial charge in [-0.2, -0.15) is 0 Å². The van der Waals surface area contributed by atoms with Gasteiger partial charge >= 0.3 is 0 Å². The molecule has 0 bridgehead atoms. The van der Waals surface area contributed by atoms with Gasteiger partial charge in [-0.15, -0.1) is 11.3 Å². The summed E-state index contributed by atoms with van der Waals surface area (Å²) in [6.45, 7) is 4.73. The third-order valence-corrected chi connectivity index (χ3v) is 7.03. The number of aryl methyl sites for hydroxylation is 1. The minimum absolute atomic E-state index is 0.0176. The highest BCUT2D eigenvalue weighted by molar-refractivity contribution is 7.89. The Morgan fingerprint density at radius 1 is 1.28 bits per heavy atom. The molecule has 25 heavy (non-hydrogen) atoms. The maximum Gasteiger partial charge on any atom is 0.240 e. The maximum absolute atomic E-state index is 12.5. The number of rotatable bonds is 5. The minimum Gasteiger partial charge on any atom is -0.335 e. The number of carbonyl (C=O) groups excluding carboxylic acids is 1. The fourth-order valence-corrected chi connectivity index (χ4v) is 5.08. The molecule has 0 saturated heterocycles. The van der Waals surface area contributed by atoms with Gasteiger partial charge in [-0.05, 0) is 49.4 Å². The van der Waals surface area contributed by atoms with Crippen molar-refractivity contribution in [1.29, 1.82) is 0 Å².